The van der Waals surface area contributed by atoms with Gasteiger partial charge < -0.3 is 9.32 Å². The molecular weight excluding hydrogens is 364 g/mol. The van der Waals surface area contributed by atoms with Crippen molar-refractivity contribution >= 4 is 23.1 Å². The summed E-state index contributed by atoms with van der Waals surface area (Å²) < 4.78 is 7.54. The smallest absolute Gasteiger partial charge is 0.246 e. The highest BCUT2D eigenvalue weighted by Crippen LogP contribution is 2.20. The molecule has 1 amide bonds. The number of benzene rings is 2. The molecule has 0 atom stereocenters. The summed E-state index contributed by atoms with van der Waals surface area (Å²) in [6.07, 6.45) is 3.09. The number of hydrogen-bond donors (Lipinski definition) is 0. The lowest BCUT2D eigenvalue weighted by atomic mass is 10.2. The number of amides is 1. The fraction of sp³-hybridized carbons (Fsp3) is 0.174. The second-order valence-corrected chi connectivity index (χ2v) is 6.94. The second-order valence-electron chi connectivity index (χ2n) is 6.94. The van der Waals surface area contributed by atoms with Gasteiger partial charge in [0.1, 0.15) is 5.52 Å². The number of rotatable bonds is 5. The highest BCUT2D eigenvalue weighted by atomic mass is 16.3. The largest absolute Gasteiger partial charge is 0.437 e. The summed E-state index contributed by atoms with van der Waals surface area (Å²) in [7, 11) is 1.78. The number of aromatic nitrogens is 3. The normalized spacial score (nSPS) is 11.4. The van der Waals surface area contributed by atoms with Crippen LogP contribution in [0.1, 0.15) is 22.8 Å². The highest BCUT2D eigenvalue weighted by Gasteiger charge is 2.16. The number of hydrogen-bond acceptors (Lipinski definition) is 4. The summed E-state index contributed by atoms with van der Waals surface area (Å²) in [6.45, 7) is 4.46. The zero-order valence-electron chi connectivity index (χ0n) is 16.7. The Balaban J connectivity index is 1.49. The molecule has 0 aliphatic heterocycles. The molecule has 0 bridgehead atoms. The lowest BCUT2D eigenvalue weighted by Crippen LogP contribution is -2.24. The van der Waals surface area contributed by atoms with Gasteiger partial charge in [-0.25, -0.2) is 9.67 Å². The third-order valence-corrected chi connectivity index (χ3v) is 4.89. The molecule has 0 unspecified atom stereocenters. The van der Waals surface area contributed by atoms with Gasteiger partial charge in [-0.1, -0.05) is 30.3 Å². The lowest BCUT2D eigenvalue weighted by Gasteiger charge is -2.15. The van der Waals surface area contributed by atoms with Crippen LogP contribution in [0.25, 0.3) is 22.9 Å². The van der Waals surface area contributed by atoms with E-state index in [1.54, 1.807) is 18.0 Å². The quantitative estimate of drug-likeness (QED) is 0.480. The number of carbonyl (C=O) groups excluding carboxylic acids is 1. The molecule has 0 saturated heterocycles. The first kappa shape index (κ1) is 18.7. The minimum atomic E-state index is -0.126. The molecule has 2 aromatic carbocycles. The third kappa shape index (κ3) is 3.82. The average Bonchev–Trinajstić information content (AvgIpc) is 3.28. The SMILES string of the molecule is Cc1nn(-c2ccccc2)c(C)c1CN(C)C(=O)C=Cc1nc2ccccc2o1. The molecule has 146 valence electrons. The number of fused-ring (bicyclic) bond motifs is 1. The van der Waals surface area contributed by atoms with Gasteiger partial charge in [-0.05, 0) is 38.1 Å². The zero-order chi connectivity index (χ0) is 20.4. The summed E-state index contributed by atoms with van der Waals surface area (Å²) in [5, 5.41) is 4.65. The maximum absolute atomic E-state index is 12.6. The van der Waals surface area contributed by atoms with Crippen LogP contribution in [-0.2, 0) is 11.3 Å². The van der Waals surface area contributed by atoms with E-state index in [2.05, 4.69) is 10.1 Å². The van der Waals surface area contributed by atoms with Crippen LogP contribution < -0.4 is 0 Å². The van der Waals surface area contributed by atoms with E-state index in [1.807, 2.05) is 73.1 Å². The Kier molecular flexibility index (Phi) is 4.99. The van der Waals surface area contributed by atoms with Gasteiger partial charge in [-0.3, -0.25) is 4.79 Å². The second kappa shape index (κ2) is 7.75. The van der Waals surface area contributed by atoms with Gasteiger partial charge in [0.2, 0.25) is 11.8 Å². The molecule has 2 heterocycles. The molecule has 0 fully saturated rings. The van der Waals surface area contributed by atoms with Crippen LogP contribution in [0, 0.1) is 13.8 Å². The van der Waals surface area contributed by atoms with Crippen molar-refractivity contribution in [3.63, 3.8) is 0 Å². The van der Waals surface area contributed by atoms with Crippen molar-refractivity contribution in [2.45, 2.75) is 20.4 Å². The molecule has 2 aromatic heterocycles. The Morgan fingerprint density at radius 3 is 2.59 bits per heavy atom. The van der Waals surface area contributed by atoms with Crippen molar-refractivity contribution in [3.8, 4) is 5.69 Å². The standard InChI is InChI=1S/C23H22N4O2/c1-16-19(17(2)27(25-16)18-9-5-4-6-10-18)15-26(3)23(28)14-13-22-24-20-11-7-8-12-21(20)29-22/h4-14H,15H2,1-3H3. The number of carbonyl (C=O) groups is 1. The van der Waals surface area contributed by atoms with Crippen LogP contribution in [0.2, 0.25) is 0 Å². The Hall–Kier alpha value is -3.67. The number of para-hydroxylation sites is 3. The van der Waals surface area contributed by atoms with Gasteiger partial charge in [0.05, 0.1) is 11.4 Å². The van der Waals surface area contributed by atoms with Crippen molar-refractivity contribution < 1.29 is 9.21 Å². The maximum Gasteiger partial charge on any atom is 0.246 e. The zero-order valence-corrected chi connectivity index (χ0v) is 16.7. The van der Waals surface area contributed by atoms with E-state index in [-0.39, 0.29) is 5.91 Å². The van der Waals surface area contributed by atoms with E-state index >= 15 is 0 Å². The summed E-state index contributed by atoms with van der Waals surface area (Å²) in [5.41, 5.74) is 5.45. The van der Waals surface area contributed by atoms with Gasteiger partial charge >= 0.3 is 0 Å². The summed E-state index contributed by atoms with van der Waals surface area (Å²) in [4.78, 5) is 18.6. The average molecular weight is 386 g/mol. The van der Waals surface area contributed by atoms with E-state index in [0.717, 1.165) is 28.2 Å². The van der Waals surface area contributed by atoms with Crippen LogP contribution in [0.4, 0.5) is 0 Å². The molecule has 0 aliphatic rings. The van der Waals surface area contributed by atoms with Crippen molar-refractivity contribution in [3.05, 3.63) is 83.5 Å². The topological polar surface area (TPSA) is 64.2 Å². The Morgan fingerprint density at radius 2 is 1.83 bits per heavy atom. The molecule has 4 rings (SSSR count). The van der Waals surface area contributed by atoms with Gasteiger partial charge in [-0.2, -0.15) is 5.10 Å². The molecule has 0 N–H and O–H groups in total. The monoisotopic (exact) mass is 386 g/mol. The van der Waals surface area contributed by atoms with Crippen LogP contribution in [-0.4, -0.2) is 32.6 Å². The third-order valence-electron chi connectivity index (χ3n) is 4.89. The van der Waals surface area contributed by atoms with Crippen LogP contribution in [0.15, 0.2) is 65.1 Å². The van der Waals surface area contributed by atoms with Crippen molar-refractivity contribution in [2.24, 2.45) is 0 Å². The van der Waals surface area contributed by atoms with Crippen LogP contribution in [0.5, 0.6) is 0 Å². The molecule has 4 aromatic rings. The Morgan fingerprint density at radius 1 is 1.10 bits per heavy atom. The fourth-order valence-corrected chi connectivity index (χ4v) is 3.27. The van der Waals surface area contributed by atoms with Crippen LogP contribution in [0.3, 0.4) is 0 Å². The number of likely N-dealkylation sites (N-methyl/N-ethyl adjacent to an activating group) is 1. The predicted molar refractivity (Wildman–Crippen MR) is 113 cm³/mol. The summed E-state index contributed by atoms with van der Waals surface area (Å²) >= 11 is 0. The molecule has 29 heavy (non-hydrogen) atoms. The van der Waals surface area contributed by atoms with E-state index in [1.165, 1.54) is 6.08 Å². The Bertz CT molecular complexity index is 1160. The molecule has 6 nitrogen and oxygen atoms in total. The molecular formula is C23H22N4O2. The minimum Gasteiger partial charge on any atom is -0.437 e. The van der Waals surface area contributed by atoms with Crippen molar-refractivity contribution in [2.75, 3.05) is 7.05 Å². The van der Waals surface area contributed by atoms with E-state index in [9.17, 15) is 4.79 Å². The highest BCUT2D eigenvalue weighted by molar-refractivity contribution is 5.91. The first-order valence-electron chi connectivity index (χ1n) is 9.42. The first-order valence-corrected chi connectivity index (χ1v) is 9.42. The van der Waals surface area contributed by atoms with Crippen LogP contribution >= 0.6 is 0 Å². The fourth-order valence-electron chi connectivity index (χ4n) is 3.27. The summed E-state index contributed by atoms with van der Waals surface area (Å²) in [5.74, 6) is 0.288. The van der Waals surface area contributed by atoms with Gasteiger partial charge in [0.15, 0.2) is 5.58 Å². The Labute approximate surface area is 169 Å². The van der Waals surface area contributed by atoms with E-state index in [4.69, 9.17) is 4.42 Å². The lowest BCUT2D eigenvalue weighted by molar-refractivity contribution is -0.125. The minimum absolute atomic E-state index is 0.126. The molecule has 0 radical (unpaired) electrons. The van der Waals surface area contributed by atoms with Gasteiger partial charge in [-0.15, -0.1) is 0 Å². The van der Waals surface area contributed by atoms with E-state index in [0.29, 0.717) is 18.0 Å². The predicted octanol–water partition coefficient (Wildman–Crippen LogP) is 4.30. The van der Waals surface area contributed by atoms with Crippen molar-refractivity contribution in [1.82, 2.24) is 19.7 Å². The number of aryl methyl sites for hydroxylation is 1. The molecule has 0 aliphatic carbocycles. The first-order chi connectivity index (χ1) is 14.0. The molecule has 0 spiro atoms. The molecule has 6 heteroatoms. The summed E-state index contributed by atoms with van der Waals surface area (Å²) in [6, 6.07) is 17.5. The number of oxazole rings is 1. The maximum atomic E-state index is 12.6. The van der Waals surface area contributed by atoms with Crippen molar-refractivity contribution in [1.29, 1.82) is 0 Å². The van der Waals surface area contributed by atoms with Gasteiger partial charge in [0.25, 0.3) is 0 Å². The van der Waals surface area contributed by atoms with Gasteiger partial charge in [0, 0.05) is 37.0 Å². The number of nitrogens with zero attached hydrogens (tertiary/aromatic N) is 4. The molecule has 0 saturated carbocycles. The van der Waals surface area contributed by atoms with E-state index < -0.39 is 0 Å².